The highest BCUT2D eigenvalue weighted by atomic mass is 16.6. The number of hydrogen-bond acceptors (Lipinski definition) is 5. The van der Waals surface area contributed by atoms with Crippen LogP contribution in [0.25, 0.3) is 0 Å². The Bertz CT molecular complexity index is 1380. The lowest BCUT2D eigenvalue weighted by atomic mass is 9.73. The maximum Gasteiger partial charge on any atom is 0.269 e. The van der Waals surface area contributed by atoms with Gasteiger partial charge in [-0.2, -0.15) is 0 Å². The van der Waals surface area contributed by atoms with Crippen molar-refractivity contribution in [1.82, 2.24) is 0 Å². The van der Waals surface area contributed by atoms with Gasteiger partial charge in [0.2, 0.25) is 5.91 Å². The van der Waals surface area contributed by atoms with Crippen LogP contribution in [0.1, 0.15) is 43.9 Å². The fourth-order valence-corrected chi connectivity index (χ4v) is 5.21. The van der Waals surface area contributed by atoms with Gasteiger partial charge in [0.15, 0.2) is 5.78 Å². The minimum Gasteiger partial charge on any atom is -0.357 e. The van der Waals surface area contributed by atoms with Crippen LogP contribution in [-0.4, -0.2) is 16.6 Å². The van der Waals surface area contributed by atoms with Crippen molar-refractivity contribution in [3.63, 3.8) is 0 Å². The lowest BCUT2D eigenvalue weighted by Crippen LogP contribution is -2.40. The summed E-state index contributed by atoms with van der Waals surface area (Å²) in [5.41, 5.74) is 4.00. The van der Waals surface area contributed by atoms with Gasteiger partial charge in [0.05, 0.1) is 28.8 Å². The van der Waals surface area contributed by atoms with Crippen LogP contribution in [0.4, 0.5) is 17.1 Å². The van der Waals surface area contributed by atoms with E-state index < -0.39 is 11.0 Å². The smallest absolute Gasteiger partial charge is 0.269 e. The number of para-hydroxylation sites is 2. The average Bonchev–Trinajstić information content (AvgIpc) is 2.98. The van der Waals surface area contributed by atoms with Gasteiger partial charge in [0, 0.05) is 29.8 Å². The highest BCUT2D eigenvalue weighted by molar-refractivity contribution is 6.06. The quantitative estimate of drug-likeness (QED) is 0.365. The fraction of sp³-hybridized carbons (Fsp3) is 0.241. The number of allylic oxidation sites excluding steroid dienone is 1. The Morgan fingerprint density at radius 3 is 2.36 bits per heavy atom. The summed E-state index contributed by atoms with van der Waals surface area (Å²) in [7, 11) is 0. The maximum absolute atomic E-state index is 14.0. The number of nitrogens with zero attached hydrogens (tertiary/aromatic N) is 2. The van der Waals surface area contributed by atoms with E-state index in [-0.39, 0.29) is 29.2 Å². The number of hydrogen-bond donors (Lipinski definition) is 1. The summed E-state index contributed by atoms with van der Waals surface area (Å²) in [4.78, 5) is 40.2. The van der Waals surface area contributed by atoms with Crippen LogP contribution in [0.5, 0.6) is 0 Å². The Balaban J connectivity index is 1.72. The number of rotatable bonds is 4. The highest BCUT2D eigenvalue weighted by Crippen LogP contribution is 2.48. The molecule has 3 aromatic carbocycles. The van der Waals surface area contributed by atoms with E-state index in [9.17, 15) is 19.7 Å². The van der Waals surface area contributed by atoms with Crippen molar-refractivity contribution in [2.45, 2.75) is 39.2 Å². The van der Waals surface area contributed by atoms with Crippen molar-refractivity contribution < 1.29 is 14.5 Å². The van der Waals surface area contributed by atoms with Crippen molar-refractivity contribution in [2.75, 3.05) is 10.2 Å². The van der Waals surface area contributed by atoms with Crippen molar-refractivity contribution >= 4 is 28.8 Å². The molecule has 0 spiro atoms. The number of nitrogens with one attached hydrogen (secondary N) is 1. The number of non-ortho nitro benzene ring substituents is 1. The van der Waals surface area contributed by atoms with Gasteiger partial charge in [-0.05, 0) is 47.2 Å². The van der Waals surface area contributed by atoms with E-state index in [0.717, 1.165) is 16.9 Å². The van der Waals surface area contributed by atoms with Crippen LogP contribution >= 0.6 is 0 Å². The second kappa shape index (κ2) is 9.07. The number of benzene rings is 3. The van der Waals surface area contributed by atoms with Crippen LogP contribution in [0.15, 0.2) is 90.1 Å². The second-order valence-electron chi connectivity index (χ2n) is 10.2. The molecule has 0 saturated heterocycles. The summed E-state index contributed by atoms with van der Waals surface area (Å²) >= 11 is 0. The SMILES string of the molecule is CC1(C)CC(=O)C2=C(C1)Nc1ccccc1N(C(=O)Cc1ccccc1)C2c1ccc([N+](=O)[O-])cc1. The molecular formula is C29H27N3O4. The molecule has 7 heteroatoms. The zero-order valence-electron chi connectivity index (χ0n) is 20.2. The van der Waals surface area contributed by atoms with E-state index in [0.29, 0.717) is 29.7 Å². The number of amides is 1. The fourth-order valence-electron chi connectivity index (χ4n) is 5.21. The number of anilines is 2. The molecule has 5 rings (SSSR count). The summed E-state index contributed by atoms with van der Waals surface area (Å²) in [5, 5.41) is 14.8. The van der Waals surface area contributed by atoms with E-state index in [4.69, 9.17) is 0 Å². The molecule has 1 atom stereocenters. The normalized spacial score (nSPS) is 18.6. The van der Waals surface area contributed by atoms with Crippen molar-refractivity contribution in [3.8, 4) is 0 Å². The summed E-state index contributed by atoms with van der Waals surface area (Å²) in [6.45, 7) is 4.12. The largest absolute Gasteiger partial charge is 0.357 e. The Morgan fingerprint density at radius 1 is 1.00 bits per heavy atom. The van der Waals surface area contributed by atoms with E-state index in [1.165, 1.54) is 12.1 Å². The molecule has 3 aromatic rings. The first-order chi connectivity index (χ1) is 17.2. The molecule has 7 nitrogen and oxygen atoms in total. The number of nitro groups is 1. The number of ketones is 1. The Morgan fingerprint density at radius 2 is 1.67 bits per heavy atom. The van der Waals surface area contributed by atoms with Crippen LogP contribution in [0.2, 0.25) is 0 Å². The van der Waals surface area contributed by atoms with Gasteiger partial charge in [-0.1, -0.05) is 56.3 Å². The van der Waals surface area contributed by atoms with E-state index in [1.54, 1.807) is 17.0 Å². The van der Waals surface area contributed by atoms with Gasteiger partial charge < -0.3 is 5.32 Å². The third kappa shape index (κ3) is 4.40. The van der Waals surface area contributed by atoms with Gasteiger partial charge in [-0.3, -0.25) is 24.6 Å². The monoisotopic (exact) mass is 481 g/mol. The lowest BCUT2D eigenvalue weighted by Gasteiger charge is -2.37. The van der Waals surface area contributed by atoms with E-state index in [1.807, 2.05) is 54.6 Å². The van der Waals surface area contributed by atoms with Crippen molar-refractivity contribution in [2.24, 2.45) is 5.41 Å². The summed E-state index contributed by atoms with van der Waals surface area (Å²) in [5.74, 6) is -0.187. The summed E-state index contributed by atoms with van der Waals surface area (Å²) in [6.07, 6.45) is 1.15. The zero-order valence-corrected chi connectivity index (χ0v) is 20.2. The topological polar surface area (TPSA) is 92.6 Å². The Hall–Kier alpha value is -4.26. The first-order valence-corrected chi connectivity index (χ1v) is 12.0. The third-order valence-electron chi connectivity index (χ3n) is 6.79. The molecule has 0 aromatic heterocycles. The van der Waals surface area contributed by atoms with Crippen molar-refractivity contribution in [1.29, 1.82) is 0 Å². The lowest BCUT2D eigenvalue weighted by molar-refractivity contribution is -0.384. The van der Waals surface area contributed by atoms with Crippen molar-refractivity contribution in [3.05, 3.63) is 111 Å². The van der Waals surface area contributed by atoms with Gasteiger partial charge in [0.25, 0.3) is 5.69 Å². The first kappa shape index (κ1) is 23.5. The van der Waals surface area contributed by atoms with Gasteiger partial charge in [0.1, 0.15) is 0 Å². The molecule has 0 bridgehead atoms. The molecule has 1 aliphatic heterocycles. The molecule has 0 fully saturated rings. The van der Waals surface area contributed by atoms with E-state index in [2.05, 4.69) is 19.2 Å². The Labute approximate surface area is 209 Å². The Kier molecular flexibility index (Phi) is 5.92. The summed E-state index contributed by atoms with van der Waals surface area (Å²) in [6, 6.07) is 22.5. The van der Waals surface area contributed by atoms with Crippen LogP contribution < -0.4 is 10.2 Å². The third-order valence-corrected chi connectivity index (χ3v) is 6.79. The standard InChI is InChI=1S/C29H27N3O4/c1-29(2)17-23-27(25(33)18-29)28(20-12-14-21(15-13-20)32(35)36)31(24-11-7-6-10-22(24)30-23)26(34)16-19-8-4-3-5-9-19/h3-15,28,30H,16-18H2,1-2H3. The molecule has 1 amide bonds. The maximum atomic E-state index is 14.0. The van der Waals surface area contributed by atoms with Crippen LogP contribution in [0, 0.1) is 15.5 Å². The number of nitro benzene ring substituents is 1. The minimum absolute atomic E-state index is 0.0255. The number of carbonyl (C=O) groups excluding carboxylic acids is 2. The second-order valence-corrected chi connectivity index (χ2v) is 10.2. The minimum atomic E-state index is -0.711. The predicted molar refractivity (Wildman–Crippen MR) is 139 cm³/mol. The summed E-state index contributed by atoms with van der Waals surface area (Å²) < 4.78 is 0. The molecule has 1 unspecified atom stereocenters. The molecule has 1 heterocycles. The predicted octanol–water partition coefficient (Wildman–Crippen LogP) is 5.98. The number of carbonyl (C=O) groups is 2. The van der Waals surface area contributed by atoms with E-state index >= 15 is 0 Å². The highest BCUT2D eigenvalue weighted by Gasteiger charge is 2.43. The molecular weight excluding hydrogens is 454 g/mol. The first-order valence-electron chi connectivity index (χ1n) is 12.0. The molecule has 182 valence electrons. The molecule has 1 N–H and O–H groups in total. The average molecular weight is 482 g/mol. The molecule has 2 aliphatic rings. The van der Waals surface area contributed by atoms with Crippen LogP contribution in [0.3, 0.4) is 0 Å². The van der Waals surface area contributed by atoms with Gasteiger partial charge in [-0.25, -0.2) is 0 Å². The molecule has 1 aliphatic carbocycles. The number of fused-ring (bicyclic) bond motifs is 1. The van der Waals surface area contributed by atoms with Gasteiger partial charge >= 0.3 is 0 Å². The molecule has 0 saturated carbocycles. The van der Waals surface area contributed by atoms with Gasteiger partial charge in [-0.15, -0.1) is 0 Å². The zero-order chi connectivity index (χ0) is 25.4. The van der Waals surface area contributed by atoms with Crippen LogP contribution in [-0.2, 0) is 16.0 Å². The molecule has 36 heavy (non-hydrogen) atoms. The number of Topliss-reactive ketones (excluding diaryl/α,β-unsaturated/α-hetero) is 1. The molecule has 0 radical (unpaired) electrons.